The Kier molecular flexibility index (Phi) is 6.17. The van der Waals surface area contributed by atoms with E-state index in [0.717, 1.165) is 5.56 Å². The maximum Gasteiger partial charge on any atom is 0.408 e. The number of hydrogen-bond acceptors (Lipinski definition) is 4. The van der Waals surface area contributed by atoms with E-state index in [4.69, 9.17) is 4.74 Å². The standard InChI is InChI=1S/C17H22N2O5/c1-2-13(15(20)19-10-6-9-14(19)16(21)22)18-17(23)24-11-12-7-4-3-5-8-12/h3-5,7-8,13-14H,2,6,9-11H2,1H3,(H,18,23)(H,21,22)/t13?,14-/m0/s1. The molecule has 0 radical (unpaired) electrons. The minimum atomic E-state index is -1.01. The Morgan fingerprint density at radius 3 is 2.67 bits per heavy atom. The van der Waals surface area contributed by atoms with Crippen LogP contribution in [0.2, 0.25) is 0 Å². The molecule has 2 N–H and O–H groups in total. The van der Waals surface area contributed by atoms with Crippen molar-refractivity contribution in [2.45, 2.75) is 44.9 Å². The lowest BCUT2D eigenvalue weighted by Crippen LogP contribution is -2.51. The zero-order chi connectivity index (χ0) is 17.5. The van der Waals surface area contributed by atoms with Crippen LogP contribution in [-0.4, -0.2) is 46.6 Å². The molecule has 1 fully saturated rings. The lowest BCUT2D eigenvalue weighted by molar-refractivity contribution is -0.149. The van der Waals surface area contributed by atoms with Crippen LogP contribution < -0.4 is 5.32 Å². The number of nitrogens with zero attached hydrogens (tertiary/aromatic N) is 1. The number of nitrogens with one attached hydrogen (secondary N) is 1. The average molecular weight is 334 g/mol. The van der Waals surface area contributed by atoms with E-state index in [9.17, 15) is 19.5 Å². The van der Waals surface area contributed by atoms with Crippen molar-refractivity contribution in [3.8, 4) is 0 Å². The molecular weight excluding hydrogens is 312 g/mol. The van der Waals surface area contributed by atoms with Crippen molar-refractivity contribution in [1.29, 1.82) is 0 Å². The van der Waals surface area contributed by atoms with Crippen molar-refractivity contribution >= 4 is 18.0 Å². The summed E-state index contributed by atoms with van der Waals surface area (Å²) in [6.45, 7) is 2.26. The maximum absolute atomic E-state index is 12.5. The van der Waals surface area contributed by atoms with Crippen LogP contribution in [0, 0.1) is 0 Å². The summed E-state index contributed by atoms with van der Waals surface area (Å²) in [5.74, 6) is -1.39. The number of carbonyl (C=O) groups is 3. The maximum atomic E-state index is 12.5. The largest absolute Gasteiger partial charge is 0.480 e. The van der Waals surface area contributed by atoms with E-state index in [1.807, 2.05) is 30.3 Å². The van der Waals surface area contributed by atoms with Gasteiger partial charge < -0.3 is 20.1 Å². The lowest BCUT2D eigenvalue weighted by Gasteiger charge is -2.26. The summed E-state index contributed by atoms with van der Waals surface area (Å²) in [5, 5.41) is 11.7. The molecule has 7 nitrogen and oxygen atoms in total. The molecular formula is C17H22N2O5. The van der Waals surface area contributed by atoms with Crippen molar-refractivity contribution in [2.75, 3.05) is 6.54 Å². The summed E-state index contributed by atoms with van der Waals surface area (Å²) < 4.78 is 5.11. The second-order valence-electron chi connectivity index (χ2n) is 5.69. The fourth-order valence-electron chi connectivity index (χ4n) is 2.73. The molecule has 1 saturated heterocycles. The summed E-state index contributed by atoms with van der Waals surface area (Å²) in [4.78, 5) is 36.9. The van der Waals surface area contributed by atoms with Crippen LogP contribution >= 0.6 is 0 Å². The highest BCUT2D eigenvalue weighted by atomic mass is 16.5. The Bertz CT molecular complexity index is 590. The molecule has 1 unspecified atom stereocenters. The normalized spacial score (nSPS) is 18.0. The van der Waals surface area contributed by atoms with Crippen LogP contribution in [0.5, 0.6) is 0 Å². The first-order valence-corrected chi connectivity index (χ1v) is 8.03. The third-order valence-corrected chi connectivity index (χ3v) is 4.03. The molecule has 1 aliphatic rings. The first kappa shape index (κ1) is 17.8. The monoisotopic (exact) mass is 334 g/mol. The topological polar surface area (TPSA) is 95.9 Å². The number of benzene rings is 1. The van der Waals surface area contributed by atoms with E-state index in [1.54, 1.807) is 6.92 Å². The second-order valence-corrected chi connectivity index (χ2v) is 5.69. The Morgan fingerprint density at radius 2 is 2.04 bits per heavy atom. The molecule has 0 saturated carbocycles. The average Bonchev–Trinajstić information content (AvgIpc) is 3.08. The fraction of sp³-hybridized carbons (Fsp3) is 0.471. The predicted molar refractivity (Wildman–Crippen MR) is 86.2 cm³/mol. The Balaban J connectivity index is 1.89. The van der Waals surface area contributed by atoms with E-state index in [2.05, 4.69) is 5.32 Å². The van der Waals surface area contributed by atoms with Gasteiger partial charge >= 0.3 is 12.1 Å². The highest BCUT2D eigenvalue weighted by Gasteiger charge is 2.37. The van der Waals surface area contributed by atoms with Gasteiger partial charge in [-0.2, -0.15) is 0 Å². The molecule has 0 bridgehead atoms. The number of aliphatic carboxylic acids is 1. The van der Waals surface area contributed by atoms with Crippen molar-refractivity contribution in [3.63, 3.8) is 0 Å². The number of carboxylic acid groups (broad SMARTS) is 1. The zero-order valence-electron chi connectivity index (χ0n) is 13.6. The van der Waals surface area contributed by atoms with Crippen LogP contribution in [0.3, 0.4) is 0 Å². The summed E-state index contributed by atoms with van der Waals surface area (Å²) in [6, 6.07) is 7.61. The molecule has 1 heterocycles. The third kappa shape index (κ3) is 4.47. The number of ether oxygens (including phenoxy) is 1. The van der Waals surface area contributed by atoms with Gasteiger partial charge in [-0.3, -0.25) is 4.79 Å². The first-order valence-electron chi connectivity index (χ1n) is 8.03. The van der Waals surface area contributed by atoms with Gasteiger partial charge in [-0.25, -0.2) is 9.59 Å². The van der Waals surface area contributed by atoms with Gasteiger partial charge in [0.2, 0.25) is 5.91 Å². The molecule has 0 aromatic heterocycles. The number of carboxylic acids is 1. The Hall–Kier alpha value is -2.57. The summed E-state index contributed by atoms with van der Waals surface area (Å²) in [6.07, 6.45) is 0.764. The molecule has 2 amide bonds. The van der Waals surface area contributed by atoms with Crippen molar-refractivity contribution in [2.24, 2.45) is 0 Å². The van der Waals surface area contributed by atoms with E-state index < -0.39 is 24.1 Å². The molecule has 24 heavy (non-hydrogen) atoms. The summed E-state index contributed by atoms with van der Waals surface area (Å²) >= 11 is 0. The minimum Gasteiger partial charge on any atom is -0.480 e. The molecule has 2 rings (SSSR count). The minimum absolute atomic E-state index is 0.110. The van der Waals surface area contributed by atoms with Crippen molar-refractivity contribution in [1.82, 2.24) is 10.2 Å². The van der Waals surface area contributed by atoms with Gasteiger partial charge in [-0.1, -0.05) is 37.3 Å². The predicted octanol–water partition coefficient (Wildman–Crippen LogP) is 1.77. The van der Waals surface area contributed by atoms with Crippen molar-refractivity contribution in [3.05, 3.63) is 35.9 Å². The van der Waals surface area contributed by atoms with E-state index >= 15 is 0 Å². The van der Waals surface area contributed by atoms with Gasteiger partial charge in [0.15, 0.2) is 0 Å². The van der Waals surface area contributed by atoms with E-state index in [1.165, 1.54) is 4.90 Å². The molecule has 130 valence electrons. The lowest BCUT2D eigenvalue weighted by atomic mass is 10.1. The van der Waals surface area contributed by atoms with Crippen LogP contribution in [0.25, 0.3) is 0 Å². The van der Waals surface area contributed by atoms with Crippen LogP contribution in [0.4, 0.5) is 4.79 Å². The number of rotatable bonds is 6. The Labute approximate surface area is 140 Å². The van der Waals surface area contributed by atoms with Gasteiger partial charge in [0.1, 0.15) is 18.7 Å². The van der Waals surface area contributed by atoms with Gasteiger partial charge in [0.05, 0.1) is 0 Å². The van der Waals surface area contributed by atoms with Crippen LogP contribution in [0.1, 0.15) is 31.7 Å². The molecule has 2 atom stereocenters. The number of carbonyl (C=O) groups excluding carboxylic acids is 2. The summed E-state index contributed by atoms with van der Waals surface area (Å²) in [7, 11) is 0. The van der Waals surface area contributed by atoms with Gasteiger partial charge in [0, 0.05) is 6.54 Å². The summed E-state index contributed by atoms with van der Waals surface area (Å²) in [5.41, 5.74) is 0.845. The number of alkyl carbamates (subject to hydrolysis) is 1. The smallest absolute Gasteiger partial charge is 0.408 e. The number of amides is 2. The first-order chi connectivity index (χ1) is 11.5. The van der Waals surface area contributed by atoms with Gasteiger partial charge in [-0.15, -0.1) is 0 Å². The van der Waals surface area contributed by atoms with E-state index in [-0.39, 0.29) is 12.5 Å². The third-order valence-electron chi connectivity index (χ3n) is 4.03. The van der Waals surface area contributed by atoms with Gasteiger partial charge in [0.25, 0.3) is 0 Å². The van der Waals surface area contributed by atoms with Crippen molar-refractivity contribution < 1.29 is 24.2 Å². The zero-order valence-corrected chi connectivity index (χ0v) is 13.6. The Morgan fingerprint density at radius 1 is 1.33 bits per heavy atom. The molecule has 1 aromatic carbocycles. The number of hydrogen-bond donors (Lipinski definition) is 2. The molecule has 1 aromatic rings. The molecule has 0 aliphatic carbocycles. The number of likely N-dealkylation sites (tertiary alicyclic amines) is 1. The highest BCUT2D eigenvalue weighted by Crippen LogP contribution is 2.19. The van der Waals surface area contributed by atoms with E-state index in [0.29, 0.717) is 25.8 Å². The van der Waals surface area contributed by atoms with Crippen LogP contribution in [-0.2, 0) is 20.9 Å². The SMILES string of the molecule is CCC(NC(=O)OCc1ccccc1)C(=O)N1CCC[C@H]1C(=O)O. The second kappa shape index (κ2) is 8.33. The molecule has 1 aliphatic heterocycles. The molecule has 0 spiro atoms. The highest BCUT2D eigenvalue weighted by molar-refractivity contribution is 5.89. The van der Waals surface area contributed by atoms with Crippen LogP contribution in [0.15, 0.2) is 30.3 Å². The van der Waals surface area contributed by atoms with Gasteiger partial charge in [-0.05, 0) is 24.8 Å². The molecule has 7 heteroatoms. The quantitative estimate of drug-likeness (QED) is 0.826. The fourth-order valence-corrected chi connectivity index (χ4v) is 2.73.